The molecule has 0 radical (unpaired) electrons. The third-order valence-corrected chi connectivity index (χ3v) is 10.8. The number of aliphatic carboxylic acids is 1. The second kappa shape index (κ2) is 24.2. The van der Waals surface area contributed by atoms with E-state index in [0.29, 0.717) is 62.4 Å². The predicted molar refractivity (Wildman–Crippen MR) is 213 cm³/mol. The topological polar surface area (TPSA) is 207 Å². The number of hydrogen-bond acceptors (Lipinski definition) is 13. The molecule has 2 saturated heterocycles. The van der Waals surface area contributed by atoms with Gasteiger partial charge in [0.05, 0.1) is 24.8 Å². The number of rotatable bonds is 13. The number of nitrogens with zero attached hydrogens (tertiary/aromatic N) is 5. The number of carboxylic acid groups (broad SMARTS) is 1. The molecule has 4 aromatic rings. The molecular weight excluding hydrogens is 830 g/mol. The first-order chi connectivity index (χ1) is 28.8. The fourth-order valence-electron chi connectivity index (χ4n) is 5.94. The number of carbonyl (C=O) groups is 4. The van der Waals surface area contributed by atoms with E-state index >= 15 is 0 Å². The molecule has 0 spiro atoms. The van der Waals surface area contributed by atoms with Gasteiger partial charge in [0.2, 0.25) is 5.91 Å². The summed E-state index contributed by atoms with van der Waals surface area (Å²) in [5.74, 6) is -0.684. The number of nitrogens with two attached hydrogens (primary N) is 1. The van der Waals surface area contributed by atoms with Crippen LogP contribution in [-0.4, -0.2) is 94.5 Å². The van der Waals surface area contributed by atoms with E-state index in [9.17, 15) is 27.6 Å². The summed E-state index contributed by atoms with van der Waals surface area (Å²) in [4.78, 5) is 55.9. The third-order valence-electron chi connectivity index (χ3n) is 9.28. The Kier molecular flexibility index (Phi) is 18.9. The van der Waals surface area contributed by atoms with Crippen molar-refractivity contribution >= 4 is 46.7 Å². The van der Waals surface area contributed by atoms with Crippen LogP contribution in [0.3, 0.4) is 0 Å². The zero-order valence-electron chi connectivity index (χ0n) is 32.5. The molecule has 0 aliphatic carbocycles. The standard InChI is InChI=1S/C19H23N3O4S.C19H21N3O3S.C2HF3O2/c20-18(23)15-1-3-16(4-2-15)25-11-7-14-5-9-22(10-6-14)19(24)26-13-17-21-8-12-27-17;20-13-16-2-1-3-17(12-16)24-10-6-15-4-8-22(9-5-15)19(23)25-14-18-21-7-11-26-18;3-2(4,5)1(6)7/h1-4,8,12,14H,5-7,9-11,13H2,(H2,20,23);1-3,7,11-12,15H,4-6,8-10,14H2;(H,6,7). The van der Waals surface area contributed by atoms with Crippen molar-refractivity contribution in [1.82, 2.24) is 19.8 Å². The van der Waals surface area contributed by atoms with Crippen molar-refractivity contribution in [2.75, 3.05) is 39.4 Å². The van der Waals surface area contributed by atoms with Gasteiger partial charge in [-0.1, -0.05) is 6.07 Å². The van der Waals surface area contributed by atoms with Crippen LogP contribution in [0, 0.1) is 23.2 Å². The highest BCUT2D eigenvalue weighted by Crippen LogP contribution is 2.24. The normalized spacial score (nSPS) is 14.3. The van der Waals surface area contributed by atoms with Crippen LogP contribution in [0.15, 0.2) is 71.7 Å². The molecule has 0 bridgehead atoms. The number of ether oxygens (including phenoxy) is 4. The monoisotopic (exact) mass is 874 g/mol. The molecule has 60 heavy (non-hydrogen) atoms. The number of amides is 3. The minimum atomic E-state index is -5.08. The highest BCUT2D eigenvalue weighted by atomic mass is 32.1. The molecule has 4 heterocycles. The lowest BCUT2D eigenvalue weighted by Gasteiger charge is -2.31. The molecule has 2 fully saturated rings. The van der Waals surface area contributed by atoms with E-state index in [2.05, 4.69) is 16.0 Å². The number of aromatic nitrogens is 2. The van der Waals surface area contributed by atoms with Gasteiger partial charge in [-0.2, -0.15) is 18.4 Å². The van der Waals surface area contributed by atoms with Crippen molar-refractivity contribution in [2.24, 2.45) is 17.6 Å². The third kappa shape index (κ3) is 16.7. The van der Waals surface area contributed by atoms with E-state index in [0.717, 1.165) is 60.0 Å². The molecule has 322 valence electrons. The molecule has 2 aliphatic rings. The van der Waals surface area contributed by atoms with E-state index in [-0.39, 0.29) is 25.4 Å². The molecule has 3 N–H and O–H groups in total. The van der Waals surface area contributed by atoms with Gasteiger partial charge in [-0.25, -0.2) is 24.4 Å². The predicted octanol–water partition coefficient (Wildman–Crippen LogP) is 7.53. The fraction of sp³-hybridized carbons (Fsp3) is 0.425. The molecule has 3 amide bonds. The number of carboxylic acids is 1. The molecule has 6 rings (SSSR count). The van der Waals surface area contributed by atoms with Crippen molar-refractivity contribution in [3.05, 3.63) is 92.8 Å². The smallest absolute Gasteiger partial charge is 0.490 e. The second-order valence-electron chi connectivity index (χ2n) is 13.4. The first-order valence-corrected chi connectivity index (χ1v) is 20.6. The molecule has 0 unspecified atom stereocenters. The van der Waals surface area contributed by atoms with Crippen LogP contribution in [0.2, 0.25) is 0 Å². The zero-order valence-corrected chi connectivity index (χ0v) is 34.1. The number of halogens is 3. The van der Waals surface area contributed by atoms with Crippen LogP contribution in [0.1, 0.15) is 64.5 Å². The van der Waals surface area contributed by atoms with E-state index in [1.807, 2.05) is 22.9 Å². The minimum Gasteiger partial charge on any atom is -0.494 e. The Morgan fingerprint density at radius 3 is 1.65 bits per heavy atom. The number of primary amides is 1. The SMILES string of the molecule is N#Cc1cccc(OCCC2CCN(C(=O)OCc3nccs3)CC2)c1.NC(=O)c1ccc(OCCC2CCN(C(=O)OCc3nccs3)CC2)cc1.O=C(O)C(F)(F)F. The highest BCUT2D eigenvalue weighted by molar-refractivity contribution is 7.09. The van der Waals surface area contributed by atoms with Gasteiger partial charge >= 0.3 is 24.3 Å². The van der Waals surface area contributed by atoms with Gasteiger partial charge in [-0.05, 0) is 92.8 Å². The average molecular weight is 875 g/mol. The van der Waals surface area contributed by atoms with Crippen molar-refractivity contribution in [1.29, 1.82) is 5.26 Å². The van der Waals surface area contributed by atoms with Crippen LogP contribution in [0.25, 0.3) is 0 Å². The molecular formula is C40H45F3N6O9S2. The van der Waals surface area contributed by atoms with Gasteiger partial charge in [0.25, 0.3) is 0 Å². The summed E-state index contributed by atoms with van der Waals surface area (Å²) in [6.07, 6.45) is 3.45. The van der Waals surface area contributed by atoms with Crippen LogP contribution in [0.4, 0.5) is 22.8 Å². The highest BCUT2D eigenvalue weighted by Gasteiger charge is 2.38. The van der Waals surface area contributed by atoms with Crippen molar-refractivity contribution < 1.29 is 56.4 Å². The summed E-state index contributed by atoms with van der Waals surface area (Å²) in [7, 11) is 0. The van der Waals surface area contributed by atoms with Crippen molar-refractivity contribution in [3.63, 3.8) is 0 Å². The summed E-state index contributed by atoms with van der Waals surface area (Å²) in [5, 5.41) is 21.4. The van der Waals surface area contributed by atoms with Gasteiger partial charge in [-0.3, -0.25) is 4.79 Å². The Bertz CT molecular complexity index is 1960. The number of piperidine rings is 2. The summed E-state index contributed by atoms with van der Waals surface area (Å²) in [6.45, 7) is 4.54. The summed E-state index contributed by atoms with van der Waals surface area (Å²) >= 11 is 2.96. The van der Waals surface area contributed by atoms with E-state index in [1.165, 1.54) is 22.7 Å². The van der Waals surface area contributed by atoms with Gasteiger partial charge in [0, 0.05) is 54.9 Å². The minimum absolute atomic E-state index is 0.235. The van der Waals surface area contributed by atoms with Gasteiger partial charge in [0.1, 0.15) is 34.7 Å². The lowest BCUT2D eigenvalue weighted by molar-refractivity contribution is -0.192. The zero-order chi connectivity index (χ0) is 43.3. The van der Waals surface area contributed by atoms with E-state index in [4.69, 9.17) is 39.8 Å². The maximum atomic E-state index is 12.1. The van der Waals surface area contributed by atoms with Crippen LogP contribution >= 0.6 is 22.7 Å². The number of likely N-dealkylation sites (tertiary alicyclic amines) is 2. The van der Waals surface area contributed by atoms with Crippen LogP contribution in [0.5, 0.6) is 11.5 Å². The number of alkyl halides is 3. The Morgan fingerprint density at radius 2 is 1.25 bits per heavy atom. The largest absolute Gasteiger partial charge is 0.494 e. The molecule has 20 heteroatoms. The maximum Gasteiger partial charge on any atom is 0.490 e. The number of carbonyl (C=O) groups excluding carboxylic acids is 3. The number of hydrogen-bond donors (Lipinski definition) is 2. The average Bonchev–Trinajstić information content (AvgIpc) is 3.98. The molecule has 2 aromatic heterocycles. The molecule has 15 nitrogen and oxygen atoms in total. The van der Waals surface area contributed by atoms with Crippen molar-refractivity contribution in [3.8, 4) is 17.6 Å². The van der Waals surface area contributed by atoms with Crippen molar-refractivity contribution in [2.45, 2.75) is 57.9 Å². The summed E-state index contributed by atoms with van der Waals surface area (Å²) in [5.41, 5.74) is 6.29. The summed E-state index contributed by atoms with van der Waals surface area (Å²) < 4.78 is 53.8. The number of thiazole rings is 2. The maximum absolute atomic E-state index is 12.1. The molecule has 0 atom stereocenters. The lowest BCUT2D eigenvalue weighted by Crippen LogP contribution is -2.39. The Balaban J connectivity index is 0.000000229. The lowest BCUT2D eigenvalue weighted by atomic mass is 9.94. The Morgan fingerprint density at radius 1 is 0.783 bits per heavy atom. The first kappa shape index (κ1) is 46.7. The van der Waals surface area contributed by atoms with E-state index < -0.39 is 18.1 Å². The van der Waals surface area contributed by atoms with Gasteiger partial charge < -0.3 is 39.6 Å². The Hall–Kier alpha value is -5.94. The first-order valence-electron chi connectivity index (χ1n) is 18.9. The molecule has 0 saturated carbocycles. The quantitative estimate of drug-likeness (QED) is 0.134. The van der Waals surface area contributed by atoms with Crippen LogP contribution in [-0.2, 0) is 27.5 Å². The number of benzene rings is 2. The van der Waals surface area contributed by atoms with E-state index in [1.54, 1.807) is 58.6 Å². The Labute approximate surface area is 352 Å². The second-order valence-corrected chi connectivity index (χ2v) is 15.4. The fourth-order valence-corrected chi connectivity index (χ4v) is 7.00. The number of nitriles is 1. The molecule has 2 aromatic carbocycles. The molecule has 2 aliphatic heterocycles. The van der Waals surface area contributed by atoms with Crippen LogP contribution < -0.4 is 15.2 Å². The van der Waals surface area contributed by atoms with Gasteiger partial charge in [0.15, 0.2) is 0 Å². The summed E-state index contributed by atoms with van der Waals surface area (Å²) in [6, 6.07) is 16.1. The van der Waals surface area contributed by atoms with Gasteiger partial charge in [-0.15, -0.1) is 22.7 Å².